The van der Waals surface area contributed by atoms with E-state index in [4.69, 9.17) is 0 Å². The van der Waals surface area contributed by atoms with Crippen molar-refractivity contribution < 1.29 is 9.59 Å². The minimum Gasteiger partial charge on any atom is -0.343 e. The molecule has 0 aromatic heterocycles. The van der Waals surface area contributed by atoms with Gasteiger partial charge < -0.3 is 9.69 Å². The van der Waals surface area contributed by atoms with E-state index in [-0.39, 0.29) is 17.1 Å². The van der Waals surface area contributed by atoms with Crippen LogP contribution in [0.25, 0.3) is 0 Å². The maximum atomic E-state index is 12.0. The summed E-state index contributed by atoms with van der Waals surface area (Å²) in [5.41, 5.74) is 0.287. The summed E-state index contributed by atoms with van der Waals surface area (Å²) in [6.07, 6.45) is 4.16. The van der Waals surface area contributed by atoms with Gasteiger partial charge in [0.1, 0.15) is 5.78 Å². The van der Waals surface area contributed by atoms with Crippen LogP contribution < -0.4 is 0 Å². The smallest absolute Gasteiger partial charge is 0.222 e. The molecule has 0 aliphatic carbocycles. The van der Waals surface area contributed by atoms with Crippen molar-refractivity contribution in [3.63, 3.8) is 0 Å². The highest BCUT2D eigenvalue weighted by molar-refractivity contribution is 5.77. The number of carbonyl (C=O) groups is 2. The molecule has 1 amide bonds. The Morgan fingerprint density at radius 3 is 2.56 bits per heavy atom. The topological polar surface area (TPSA) is 37.4 Å². The molecule has 1 fully saturated rings. The summed E-state index contributed by atoms with van der Waals surface area (Å²) < 4.78 is 0. The lowest BCUT2D eigenvalue weighted by molar-refractivity contribution is -0.131. The Hall–Kier alpha value is -0.860. The van der Waals surface area contributed by atoms with Crippen LogP contribution in [0.5, 0.6) is 0 Å². The molecule has 0 saturated carbocycles. The fraction of sp³-hybridized carbons (Fsp3) is 0.867. The lowest BCUT2D eigenvalue weighted by Gasteiger charge is -2.29. The molecule has 1 aliphatic heterocycles. The number of rotatable bonds is 4. The van der Waals surface area contributed by atoms with Crippen LogP contribution in [0, 0.1) is 11.3 Å². The van der Waals surface area contributed by atoms with Crippen molar-refractivity contribution >= 4 is 11.7 Å². The molecule has 1 unspecified atom stereocenters. The van der Waals surface area contributed by atoms with Crippen molar-refractivity contribution in [2.45, 2.75) is 59.8 Å². The van der Waals surface area contributed by atoms with Crippen LogP contribution in [0.3, 0.4) is 0 Å². The van der Waals surface area contributed by atoms with Gasteiger partial charge in [-0.1, -0.05) is 20.8 Å². The maximum Gasteiger partial charge on any atom is 0.222 e. The lowest BCUT2D eigenvalue weighted by Crippen LogP contribution is -2.31. The Morgan fingerprint density at radius 2 is 2.00 bits per heavy atom. The van der Waals surface area contributed by atoms with Crippen LogP contribution in [0.15, 0.2) is 0 Å². The van der Waals surface area contributed by atoms with Gasteiger partial charge >= 0.3 is 0 Å². The zero-order chi connectivity index (χ0) is 13.8. The number of nitrogens with zero attached hydrogens (tertiary/aromatic N) is 1. The Morgan fingerprint density at radius 1 is 1.33 bits per heavy atom. The highest BCUT2D eigenvalue weighted by atomic mass is 16.2. The van der Waals surface area contributed by atoms with Gasteiger partial charge in [-0.3, -0.25) is 4.79 Å². The first-order chi connectivity index (χ1) is 8.30. The molecule has 1 heterocycles. The zero-order valence-electron chi connectivity index (χ0n) is 12.3. The van der Waals surface area contributed by atoms with Crippen molar-refractivity contribution in [3.05, 3.63) is 0 Å². The summed E-state index contributed by atoms with van der Waals surface area (Å²) in [6, 6.07) is 0. The molecule has 1 saturated heterocycles. The third kappa shape index (κ3) is 4.79. The molecule has 18 heavy (non-hydrogen) atoms. The van der Waals surface area contributed by atoms with Gasteiger partial charge in [-0.05, 0) is 37.5 Å². The molecule has 1 rings (SSSR count). The van der Waals surface area contributed by atoms with Gasteiger partial charge in [-0.2, -0.15) is 0 Å². The number of ketones is 1. The van der Waals surface area contributed by atoms with E-state index in [1.165, 1.54) is 0 Å². The summed E-state index contributed by atoms with van der Waals surface area (Å²) in [4.78, 5) is 24.9. The van der Waals surface area contributed by atoms with E-state index in [9.17, 15) is 9.59 Å². The first-order valence-corrected chi connectivity index (χ1v) is 7.08. The highest BCUT2D eigenvalue weighted by Gasteiger charge is 2.29. The minimum atomic E-state index is 0.213. The maximum absolute atomic E-state index is 12.0. The first kappa shape index (κ1) is 15.2. The van der Waals surface area contributed by atoms with Crippen molar-refractivity contribution in [2.75, 3.05) is 13.1 Å². The first-order valence-electron chi connectivity index (χ1n) is 7.08. The largest absolute Gasteiger partial charge is 0.343 e. The standard InChI is InChI=1S/C15H27NO2/c1-12(17)6-5-10-16-11-9-13(15(2,3)4)7-8-14(16)18/h13H,5-11H2,1-4H3. The van der Waals surface area contributed by atoms with Gasteiger partial charge in [0.15, 0.2) is 0 Å². The molecule has 0 bridgehead atoms. The number of hydrogen-bond acceptors (Lipinski definition) is 2. The summed E-state index contributed by atoms with van der Waals surface area (Å²) >= 11 is 0. The molecule has 3 heteroatoms. The number of amides is 1. The van der Waals surface area contributed by atoms with Crippen LogP contribution in [0.2, 0.25) is 0 Å². The molecule has 0 spiro atoms. The van der Waals surface area contributed by atoms with E-state index < -0.39 is 0 Å². The normalized spacial score (nSPS) is 21.9. The Labute approximate surface area is 111 Å². The van der Waals surface area contributed by atoms with E-state index >= 15 is 0 Å². The van der Waals surface area contributed by atoms with Gasteiger partial charge in [-0.15, -0.1) is 0 Å². The van der Waals surface area contributed by atoms with Crippen LogP contribution in [0.1, 0.15) is 59.8 Å². The third-order valence-corrected chi connectivity index (χ3v) is 3.99. The molecule has 1 atom stereocenters. The SMILES string of the molecule is CC(=O)CCCN1CCC(C(C)(C)C)CCC1=O. The van der Waals surface area contributed by atoms with Gasteiger partial charge in [-0.25, -0.2) is 0 Å². The Bertz CT molecular complexity index is 304. The molecule has 0 aromatic carbocycles. The van der Waals surface area contributed by atoms with Crippen LogP contribution in [-0.4, -0.2) is 29.7 Å². The van der Waals surface area contributed by atoms with E-state index in [0.29, 0.717) is 18.8 Å². The molecule has 3 nitrogen and oxygen atoms in total. The third-order valence-electron chi connectivity index (χ3n) is 3.99. The minimum absolute atomic E-state index is 0.213. The van der Waals surface area contributed by atoms with E-state index in [1.54, 1.807) is 6.92 Å². The summed E-state index contributed by atoms with van der Waals surface area (Å²) in [6.45, 7) is 9.99. The summed E-state index contributed by atoms with van der Waals surface area (Å²) in [7, 11) is 0. The fourth-order valence-electron chi connectivity index (χ4n) is 2.66. The summed E-state index contributed by atoms with van der Waals surface area (Å²) in [5.74, 6) is 1.11. The van der Waals surface area contributed by atoms with Crippen molar-refractivity contribution in [2.24, 2.45) is 11.3 Å². The van der Waals surface area contributed by atoms with E-state index in [0.717, 1.165) is 32.4 Å². The quantitative estimate of drug-likeness (QED) is 0.772. The van der Waals surface area contributed by atoms with Gasteiger partial charge in [0, 0.05) is 25.9 Å². The zero-order valence-corrected chi connectivity index (χ0v) is 12.3. The van der Waals surface area contributed by atoms with Crippen LogP contribution >= 0.6 is 0 Å². The van der Waals surface area contributed by atoms with Gasteiger partial charge in [0.05, 0.1) is 0 Å². The highest BCUT2D eigenvalue weighted by Crippen LogP contribution is 2.34. The molecular weight excluding hydrogens is 226 g/mol. The van der Waals surface area contributed by atoms with Crippen LogP contribution in [0.4, 0.5) is 0 Å². The second kappa shape index (κ2) is 6.35. The number of hydrogen-bond donors (Lipinski definition) is 0. The number of likely N-dealkylation sites (tertiary alicyclic amines) is 1. The molecule has 0 N–H and O–H groups in total. The fourth-order valence-corrected chi connectivity index (χ4v) is 2.66. The van der Waals surface area contributed by atoms with Gasteiger partial charge in [0.25, 0.3) is 0 Å². The predicted octanol–water partition coefficient (Wildman–Crippen LogP) is 3.03. The molecule has 0 radical (unpaired) electrons. The Balaban J connectivity index is 2.47. The Kier molecular flexibility index (Phi) is 5.36. The predicted molar refractivity (Wildman–Crippen MR) is 73.3 cm³/mol. The molecule has 0 aromatic rings. The van der Waals surface area contributed by atoms with Crippen molar-refractivity contribution in [3.8, 4) is 0 Å². The lowest BCUT2D eigenvalue weighted by atomic mass is 9.77. The van der Waals surface area contributed by atoms with E-state index in [1.807, 2.05) is 4.90 Å². The van der Waals surface area contributed by atoms with E-state index in [2.05, 4.69) is 20.8 Å². The van der Waals surface area contributed by atoms with Crippen molar-refractivity contribution in [1.29, 1.82) is 0 Å². The second-order valence-corrected chi connectivity index (χ2v) is 6.58. The van der Waals surface area contributed by atoms with Crippen molar-refractivity contribution in [1.82, 2.24) is 4.90 Å². The average Bonchev–Trinajstić information content (AvgIpc) is 2.40. The molecule has 104 valence electrons. The molecular formula is C15H27NO2. The summed E-state index contributed by atoms with van der Waals surface area (Å²) in [5, 5.41) is 0. The molecule has 1 aliphatic rings. The monoisotopic (exact) mass is 253 g/mol. The number of carbonyl (C=O) groups excluding carboxylic acids is 2. The average molecular weight is 253 g/mol. The number of Topliss-reactive ketones (excluding diaryl/α,β-unsaturated/α-hetero) is 1. The van der Waals surface area contributed by atoms with Gasteiger partial charge in [0.2, 0.25) is 5.91 Å². The van der Waals surface area contributed by atoms with Crippen LogP contribution in [-0.2, 0) is 9.59 Å². The second-order valence-electron chi connectivity index (χ2n) is 6.58.